The second-order valence-electron chi connectivity index (χ2n) is 10.1. The average Bonchev–Trinajstić information content (AvgIpc) is 2.72. The molecule has 4 aliphatic rings. The van der Waals surface area contributed by atoms with Crippen molar-refractivity contribution in [1.82, 2.24) is 4.98 Å². The third-order valence-corrected chi connectivity index (χ3v) is 8.02. The summed E-state index contributed by atoms with van der Waals surface area (Å²) < 4.78 is 0. The highest BCUT2D eigenvalue weighted by Crippen LogP contribution is 2.61. The summed E-state index contributed by atoms with van der Waals surface area (Å²) in [6, 6.07) is 19.0. The summed E-state index contributed by atoms with van der Waals surface area (Å²) in [7, 11) is 0. The van der Waals surface area contributed by atoms with Crippen LogP contribution in [0.1, 0.15) is 67.0 Å². The summed E-state index contributed by atoms with van der Waals surface area (Å²) in [6.07, 6.45) is 7.64. The lowest BCUT2D eigenvalue weighted by Crippen LogP contribution is -2.48. The van der Waals surface area contributed by atoms with E-state index in [1.54, 1.807) is 0 Å². The number of aliphatic hydroxyl groups is 1. The molecule has 2 nitrogen and oxygen atoms in total. The maximum absolute atomic E-state index is 11.2. The van der Waals surface area contributed by atoms with Crippen LogP contribution in [0.25, 0.3) is 10.9 Å². The van der Waals surface area contributed by atoms with Gasteiger partial charge in [-0.2, -0.15) is 0 Å². The Hall–Kier alpha value is -2.19. The first-order valence-corrected chi connectivity index (χ1v) is 11.2. The lowest BCUT2D eigenvalue weighted by atomic mass is 9.48. The molecule has 29 heavy (non-hydrogen) atoms. The number of aryl methyl sites for hydroxylation is 1. The van der Waals surface area contributed by atoms with Gasteiger partial charge in [0.2, 0.25) is 0 Å². The summed E-state index contributed by atoms with van der Waals surface area (Å²) in [5.74, 6) is 2.70. The summed E-state index contributed by atoms with van der Waals surface area (Å²) in [5.41, 5.74) is 5.72. The van der Waals surface area contributed by atoms with Gasteiger partial charge in [-0.05, 0) is 91.9 Å². The molecule has 1 atom stereocenters. The molecule has 4 saturated carbocycles. The van der Waals surface area contributed by atoms with Crippen molar-refractivity contribution in [2.24, 2.45) is 17.8 Å². The van der Waals surface area contributed by atoms with Gasteiger partial charge in [-0.15, -0.1) is 0 Å². The molecule has 1 N–H and O–H groups in total. The van der Waals surface area contributed by atoms with Crippen LogP contribution in [-0.4, -0.2) is 10.1 Å². The van der Waals surface area contributed by atoms with E-state index in [0.29, 0.717) is 5.41 Å². The Morgan fingerprint density at radius 3 is 2.17 bits per heavy atom. The topological polar surface area (TPSA) is 33.1 Å². The highest BCUT2D eigenvalue weighted by molar-refractivity contribution is 5.83. The molecule has 0 radical (unpaired) electrons. The van der Waals surface area contributed by atoms with Crippen LogP contribution in [0.3, 0.4) is 0 Å². The SMILES string of the molecule is Cc1ccc(C(O)c2cc(C34CC5CC(CC(C5)C3)C4)c3ccccc3n2)cc1. The van der Waals surface area contributed by atoms with Crippen molar-refractivity contribution in [1.29, 1.82) is 0 Å². The minimum Gasteiger partial charge on any atom is -0.382 e. The van der Waals surface area contributed by atoms with Crippen LogP contribution in [0.4, 0.5) is 0 Å². The zero-order valence-corrected chi connectivity index (χ0v) is 17.1. The number of aromatic nitrogens is 1. The molecule has 148 valence electrons. The zero-order valence-electron chi connectivity index (χ0n) is 17.1. The fraction of sp³-hybridized carbons (Fsp3) is 0.444. The van der Waals surface area contributed by atoms with Crippen LogP contribution in [0.2, 0.25) is 0 Å². The molecule has 0 amide bonds. The Morgan fingerprint density at radius 1 is 0.897 bits per heavy atom. The zero-order chi connectivity index (χ0) is 19.6. The van der Waals surface area contributed by atoms with Gasteiger partial charge < -0.3 is 5.11 Å². The molecule has 7 rings (SSSR count). The van der Waals surface area contributed by atoms with E-state index < -0.39 is 6.10 Å². The van der Waals surface area contributed by atoms with Crippen molar-refractivity contribution in [3.63, 3.8) is 0 Å². The molecule has 1 aromatic heterocycles. The predicted molar refractivity (Wildman–Crippen MR) is 117 cm³/mol. The molecule has 4 fully saturated rings. The number of hydrogen-bond donors (Lipinski definition) is 1. The largest absolute Gasteiger partial charge is 0.382 e. The van der Waals surface area contributed by atoms with E-state index in [0.717, 1.165) is 34.5 Å². The van der Waals surface area contributed by atoms with E-state index in [1.807, 2.05) is 12.1 Å². The first-order chi connectivity index (χ1) is 14.1. The van der Waals surface area contributed by atoms with Crippen LogP contribution in [0, 0.1) is 24.7 Å². The van der Waals surface area contributed by atoms with E-state index in [9.17, 15) is 5.11 Å². The van der Waals surface area contributed by atoms with Gasteiger partial charge in [-0.25, -0.2) is 4.98 Å². The predicted octanol–water partition coefficient (Wildman–Crippen LogP) is 6.09. The van der Waals surface area contributed by atoms with Gasteiger partial charge in [0.05, 0.1) is 11.2 Å². The van der Waals surface area contributed by atoms with E-state index in [4.69, 9.17) is 4.98 Å². The number of hydrogen-bond acceptors (Lipinski definition) is 2. The molecule has 1 heterocycles. The Labute approximate surface area is 173 Å². The number of rotatable bonds is 3. The van der Waals surface area contributed by atoms with Crippen molar-refractivity contribution < 1.29 is 5.11 Å². The molecule has 1 unspecified atom stereocenters. The highest BCUT2D eigenvalue weighted by atomic mass is 16.3. The van der Waals surface area contributed by atoms with Gasteiger partial charge >= 0.3 is 0 Å². The van der Waals surface area contributed by atoms with Gasteiger partial charge in [0.1, 0.15) is 6.10 Å². The van der Waals surface area contributed by atoms with Crippen molar-refractivity contribution in [3.8, 4) is 0 Å². The number of para-hydroxylation sites is 1. The smallest absolute Gasteiger partial charge is 0.121 e. The van der Waals surface area contributed by atoms with Crippen molar-refractivity contribution in [2.45, 2.75) is 57.0 Å². The van der Waals surface area contributed by atoms with Crippen LogP contribution in [0.5, 0.6) is 0 Å². The Kier molecular flexibility index (Phi) is 3.90. The summed E-state index contributed by atoms with van der Waals surface area (Å²) >= 11 is 0. The second-order valence-corrected chi connectivity index (χ2v) is 10.1. The van der Waals surface area contributed by atoms with E-state index >= 15 is 0 Å². The fourth-order valence-corrected chi connectivity index (χ4v) is 7.13. The molecule has 4 bridgehead atoms. The second kappa shape index (κ2) is 6.40. The van der Waals surface area contributed by atoms with E-state index in [1.165, 1.54) is 55.0 Å². The van der Waals surface area contributed by atoms with Crippen molar-refractivity contribution in [2.75, 3.05) is 0 Å². The molecule has 0 aliphatic heterocycles. The molecule has 4 aliphatic carbocycles. The van der Waals surface area contributed by atoms with E-state index in [2.05, 4.69) is 49.4 Å². The van der Waals surface area contributed by atoms with Crippen molar-refractivity contribution >= 4 is 10.9 Å². The van der Waals surface area contributed by atoms with Gasteiger partial charge in [0.25, 0.3) is 0 Å². The van der Waals surface area contributed by atoms with Gasteiger partial charge in [-0.1, -0.05) is 48.0 Å². The summed E-state index contributed by atoms with van der Waals surface area (Å²) in [5, 5.41) is 12.5. The minimum absolute atomic E-state index is 0.291. The maximum Gasteiger partial charge on any atom is 0.121 e. The molecule has 0 spiro atoms. The molecular formula is C27H29NO. The first kappa shape index (κ1) is 17.7. The maximum atomic E-state index is 11.2. The van der Waals surface area contributed by atoms with Crippen LogP contribution < -0.4 is 0 Å². The Bertz CT molecular complexity index is 1030. The number of nitrogens with zero attached hydrogens (tertiary/aromatic N) is 1. The molecular weight excluding hydrogens is 354 g/mol. The van der Waals surface area contributed by atoms with E-state index in [-0.39, 0.29) is 0 Å². The molecule has 3 aromatic rings. The average molecular weight is 384 g/mol. The Morgan fingerprint density at radius 2 is 1.52 bits per heavy atom. The third-order valence-electron chi connectivity index (χ3n) is 8.02. The monoisotopic (exact) mass is 383 g/mol. The lowest BCUT2D eigenvalue weighted by molar-refractivity contribution is -0.00460. The fourth-order valence-electron chi connectivity index (χ4n) is 7.13. The van der Waals surface area contributed by atoms with Crippen LogP contribution in [-0.2, 0) is 5.41 Å². The van der Waals surface area contributed by atoms with Crippen LogP contribution >= 0.6 is 0 Å². The number of aliphatic hydroxyl groups excluding tert-OH is 1. The summed E-state index contributed by atoms with van der Waals surface area (Å²) in [4.78, 5) is 4.91. The van der Waals surface area contributed by atoms with Crippen LogP contribution in [0.15, 0.2) is 54.6 Å². The molecule has 2 aromatic carbocycles. The van der Waals surface area contributed by atoms with Gasteiger partial charge in [0, 0.05) is 5.39 Å². The Balaban J connectivity index is 1.50. The van der Waals surface area contributed by atoms with Gasteiger partial charge in [-0.3, -0.25) is 0 Å². The number of pyridine rings is 1. The number of benzene rings is 2. The summed E-state index contributed by atoms with van der Waals surface area (Å²) in [6.45, 7) is 2.08. The van der Waals surface area contributed by atoms with Gasteiger partial charge in [0.15, 0.2) is 0 Å². The molecule has 0 saturated heterocycles. The third kappa shape index (κ3) is 2.84. The first-order valence-electron chi connectivity index (χ1n) is 11.2. The minimum atomic E-state index is -0.673. The number of fused-ring (bicyclic) bond motifs is 1. The normalized spacial score (nSPS) is 31.3. The van der Waals surface area contributed by atoms with Crippen molar-refractivity contribution in [3.05, 3.63) is 77.0 Å². The highest BCUT2D eigenvalue weighted by Gasteiger charge is 2.52. The molecule has 2 heteroatoms. The standard InChI is InChI=1S/C27H29NO/c1-17-6-8-21(9-7-17)26(29)25-13-23(22-4-2-3-5-24(22)28-25)27-14-18-10-19(15-27)12-20(11-18)16-27/h2-9,13,18-20,26,29H,10-12,14-16H2,1H3. The lowest BCUT2D eigenvalue weighted by Gasteiger charge is -2.57. The quantitative estimate of drug-likeness (QED) is 0.593.